The third kappa shape index (κ3) is 5.30. The van der Waals surface area contributed by atoms with Gasteiger partial charge in [0.05, 0.1) is 0 Å². The number of carboxylic acids is 1. The molecular formula is C13H23N3O3. The second-order valence-corrected chi connectivity index (χ2v) is 4.83. The van der Waals surface area contributed by atoms with Gasteiger partial charge in [0.15, 0.2) is 0 Å². The first-order chi connectivity index (χ1) is 9.04. The number of rotatable bonds is 7. The molecular weight excluding hydrogens is 246 g/mol. The average Bonchev–Trinajstić information content (AvgIpc) is 2.88. The maximum atomic E-state index is 11.8. The highest BCUT2D eigenvalue weighted by atomic mass is 16.4. The van der Waals surface area contributed by atoms with Crippen LogP contribution in [0, 0.1) is 0 Å². The van der Waals surface area contributed by atoms with Gasteiger partial charge in [0, 0.05) is 20.1 Å². The predicted molar refractivity (Wildman–Crippen MR) is 73.1 cm³/mol. The fraction of sp³-hybridized carbons (Fsp3) is 0.692. The van der Waals surface area contributed by atoms with Crippen molar-refractivity contribution in [2.45, 2.75) is 25.3 Å². The number of carbonyl (C=O) groups is 2. The Bertz CT molecular complexity index is 327. The maximum Gasteiger partial charge on any atom is 0.326 e. The van der Waals surface area contributed by atoms with Crippen molar-refractivity contribution in [3.63, 3.8) is 0 Å². The first kappa shape index (κ1) is 15.5. The van der Waals surface area contributed by atoms with Gasteiger partial charge in [-0.25, -0.2) is 9.59 Å². The topological polar surface area (TPSA) is 72.9 Å². The van der Waals surface area contributed by atoms with Crippen LogP contribution in [0.1, 0.15) is 19.3 Å². The number of hydrogen-bond acceptors (Lipinski definition) is 3. The first-order valence-corrected chi connectivity index (χ1v) is 6.62. The number of likely N-dealkylation sites (N-methyl/N-ethyl adjacent to an activating group) is 1. The van der Waals surface area contributed by atoms with Crippen LogP contribution in [0.2, 0.25) is 0 Å². The number of nitrogens with zero attached hydrogens (tertiary/aromatic N) is 2. The number of aliphatic carboxylic acids is 1. The molecule has 2 N–H and O–H groups in total. The normalized spacial score (nSPS) is 16.9. The molecule has 0 bridgehead atoms. The lowest BCUT2D eigenvalue weighted by molar-refractivity contribution is -0.139. The van der Waals surface area contributed by atoms with Crippen LogP contribution < -0.4 is 5.32 Å². The van der Waals surface area contributed by atoms with Crippen molar-refractivity contribution in [3.8, 4) is 0 Å². The third-order valence-corrected chi connectivity index (χ3v) is 3.30. The van der Waals surface area contributed by atoms with Crippen molar-refractivity contribution in [1.82, 2.24) is 15.1 Å². The first-order valence-electron chi connectivity index (χ1n) is 6.62. The van der Waals surface area contributed by atoms with Crippen LogP contribution in [0.3, 0.4) is 0 Å². The molecule has 1 fully saturated rings. The van der Waals surface area contributed by atoms with Gasteiger partial charge in [0.25, 0.3) is 0 Å². The molecule has 0 aromatic carbocycles. The Morgan fingerprint density at radius 2 is 2.11 bits per heavy atom. The second kappa shape index (κ2) is 7.78. The van der Waals surface area contributed by atoms with E-state index in [0.717, 1.165) is 19.6 Å². The van der Waals surface area contributed by atoms with E-state index in [2.05, 4.69) is 16.8 Å². The minimum atomic E-state index is -1.04. The van der Waals surface area contributed by atoms with Gasteiger partial charge in [0.1, 0.15) is 6.04 Å². The molecule has 1 saturated heterocycles. The molecule has 6 nitrogen and oxygen atoms in total. The van der Waals surface area contributed by atoms with E-state index >= 15 is 0 Å². The van der Waals surface area contributed by atoms with E-state index in [1.165, 1.54) is 23.8 Å². The van der Waals surface area contributed by atoms with Crippen molar-refractivity contribution in [1.29, 1.82) is 0 Å². The quantitative estimate of drug-likeness (QED) is 0.669. The molecule has 1 atom stereocenters. The largest absolute Gasteiger partial charge is 0.480 e. The summed E-state index contributed by atoms with van der Waals surface area (Å²) in [7, 11) is 1.68. The Morgan fingerprint density at radius 3 is 2.63 bits per heavy atom. The van der Waals surface area contributed by atoms with Crippen molar-refractivity contribution < 1.29 is 14.7 Å². The van der Waals surface area contributed by atoms with Crippen LogP contribution in [0.4, 0.5) is 4.79 Å². The van der Waals surface area contributed by atoms with E-state index in [4.69, 9.17) is 5.11 Å². The van der Waals surface area contributed by atoms with E-state index in [9.17, 15) is 9.59 Å². The molecule has 0 aromatic heterocycles. The highest BCUT2D eigenvalue weighted by Gasteiger charge is 2.20. The van der Waals surface area contributed by atoms with E-state index in [1.54, 1.807) is 7.05 Å². The summed E-state index contributed by atoms with van der Waals surface area (Å²) in [6, 6.07) is -1.26. The van der Waals surface area contributed by atoms with E-state index in [0.29, 0.717) is 6.54 Å². The lowest BCUT2D eigenvalue weighted by Gasteiger charge is -2.23. The van der Waals surface area contributed by atoms with Crippen molar-refractivity contribution in [2.24, 2.45) is 0 Å². The molecule has 0 aromatic rings. The molecule has 0 saturated carbocycles. The van der Waals surface area contributed by atoms with E-state index in [1.807, 2.05) is 0 Å². The van der Waals surface area contributed by atoms with Crippen LogP contribution in [-0.2, 0) is 4.79 Å². The Balaban J connectivity index is 2.33. The zero-order chi connectivity index (χ0) is 14.3. The fourth-order valence-corrected chi connectivity index (χ4v) is 2.05. The van der Waals surface area contributed by atoms with E-state index < -0.39 is 12.0 Å². The summed E-state index contributed by atoms with van der Waals surface area (Å²) in [5.74, 6) is -1.04. The average molecular weight is 269 g/mol. The molecule has 0 aliphatic carbocycles. The standard InChI is InChI=1S/C13H23N3O3/c1-3-6-11(12(17)18)14-13(19)15(2)9-10-16-7-4-5-8-16/h3,11H,1,4-10H2,2H3,(H,14,19)(H,17,18). The van der Waals surface area contributed by atoms with Crippen LogP contribution in [0.5, 0.6) is 0 Å². The number of likely N-dealkylation sites (tertiary alicyclic amines) is 1. The van der Waals surface area contributed by atoms with E-state index in [-0.39, 0.29) is 12.5 Å². The van der Waals surface area contributed by atoms with Gasteiger partial charge in [-0.3, -0.25) is 0 Å². The molecule has 0 spiro atoms. The smallest absolute Gasteiger partial charge is 0.326 e. The van der Waals surface area contributed by atoms with Gasteiger partial charge in [-0.1, -0.05) is 6.08 Å². The predicted octanol–water partition coefficient (Wildman–Crippen LogP) is 0.753. The Kier molecular flexibility index (Phi) is 6.35. The van der Waals surface area contributed by atoms with Crippen molar-refractivity contribution in [2.75, 3.05) is 33.2 Å². The zero-order valence-electron chi connectivity index (χ0n) is 11.5. The highest BCUT2D eigenvalue weighted by molar-refractivity contribution is 5.82. The van der Waals surface area contributed by atoms with Gasteiger partial charge < -0.3 is 20.2 Å². The lowest BCUT2D eigenvalue weighted by Crippen LogP contribution is -2.48. The van der Waals surface area contributed by atoms with Gasteiger partial charge in [-0.05, 0) is 32.4 Å². The van der Waals surface area contributed by atoms with Gasteiger partial charge in [-0.2, -0.15) is 0 Å². The summed E-state index contributed by atoms with van der Waals surface area (Å²) in [6.45, 7) is 7.10. The molecule has 6 heteroatoms. The molecule has 2 amide bonds. The number of nitrogens with one attached hydrogen (secondary N) is 1. The van der Waals surface area contributed by atoms with Crippen molar-refractivity contribution in [3.05, 3.63) is 12.7 Å². The highest BCUT2D eigenvalue weighted by Crippen LogP contribution is 2.06. The Morgan fingerprint density at radius 1 is 1.47 bits per heavy atom. The van der Waals surface area contributed by atoms with Crippen LogP contribution in [-0.4, -0.2) is 66.2 Å². The summed E-state index contributed by atoms with van der Waals surface area (Å²) >= 11 is 0. The second-order valence-electron chi connectivity index (χ2n) is 4.83. The number of hydrogen-bond donors (Lipinski definition) is 2. The lowest BCUT2D eigenvalue weighted by atomic mass is 10.2. The molecule has 1 rings (SSSR count). The number of urea groups is 1. The number of amides is 2. The minimum absolute atomic E-state index is 0.223. The molecule has 1 heterocycles. The van der Waals surface area contributed by atoms with Crippen molar-refractivity contribution >= 4 is 12.0 Å². The number of carbonyl (C=O) groups excluding carboxylic acids is 1. The van der Waals surface area contributed by atoms with Gasteiger partial charge in [0.2, 0.25) is 0 Å². The van der Waals surface area contributed by atoms with Gasteiger partial charge >= 0.3 is 12.0 Å². The summed E-state index contributed by atoms with van der Waals surface area (Å²) in [5.41, 5.74) is 0. The summed E-state index contributed by atoms with van der Waals surface area (Å²) in [6.07, 6.45) is 4.15. The fourth-order valence-electron chi connectivity index (χ4n) is 2.05. The molecule has 19 heavy (non-hydrogen) atoms. The summed E-state index contributed by atoms with van der Waals surface area (Å²) in [4.78, 5) is 26.6. The Labute approximate surface area is 114 Å². The summed E-state index contributed by atoms with van der Waals surface area (Å²) in [5, 5.41) is 11.4. The van der Waals surface area contributed by atoms with Crippen LogP contribution >= 0.6 is 0 Å². The van der Waals surface area contributed by atoms with Gasteiger partial charge in [-0.15, -0.1) is 6.58 Å². The monoisotopic (exact) mass is 269 g/mol. The van der Waals surface area contributed by atoms with Crippen LogP contribution in [0.25, 0.3) is 0 Å². The zero-order valence-corrected chi connectivity index (χ0v) is 11.5. The van der Waals surface area contributed by atoms with Crippen LogP contribution in [0.15, 0.2) is 12.7 Å². The molecule has 1 aliphatic heterocycles. The molecule has 108 valence electrons. The third-order valence-electron chi connectivity index (χ3n) is 3.30. The molecule has 0 radical (unpaired) electrons. The maximum absolute atomic E-state index is 11.8. The molecule has 1 unspecified atom stereocenters. The number of carboxylic acid groups (broad SMARTS) is 1. The Hall–Kier alpha value is -1.56. The molecule has 1 aliphatic rings. The summed E-state index contributed by atoms with van der Waals surface area (Å²) < 4.78 is 0. The SMILES string of the molecule is C=CCC(NC(=O)N(C)CCN1CCCC1)C(=O)O. The minimum Gasteiger partial charge on any atom is -0.480 e.